The predicted molar refractivity (Wildman–Crippen MR) is 77.5 cm³/mol. The highest BCUT2D eigenvalue weighted by molar-refractivity contribution is 9.11. The van der Waals surface area contributed by atoms with Crippen molar-refractivity contribution in [2.45, 2.75) is 0 Å². The van der Waals surface area contributed by atoms with Crippen LogP contribution in [-0.4, -0.2) is 18.3 Å². The smallest absolute Gasteiger partial charge is 0.290 e. The van der Waals surface area contributed by atoms with Gasteiger partial charge >= 0.3 is 0 Å². The Morgan fingerprint density at radius 2 is 1.89 bits per heavy atom. The first kappa shape index (κ1) is 13.6. The van der Waals surface area contributed by atoms with Crippen LogP contribution in [0.15, 0.2) is 26.0 Å². The SMILES string of the molecule is COc1c(Br)cc(/C=C2/SC(=O)NC2=O)cc1Br. The second-order valence-corrected chi connectivity index (χ2v) is 6.09. The zero-order chi connectivity index (χ0) is 13.3. The van der Waals surface area contributed by atoms with Crippen molar-refractivity contribution in [2.24, 2.45) is 0 Å². The van der Waals surface area contributed by atoms with Crippen LogP contribution in [0.5, 0.6) is 5.75 Å². The topological polar surface area (TPSA) is 55.4 Å². The maximum Gasteiger partial charge on any atom is 0.290 e. The molecular formula is C11H7Br2NO3S. The molecule has 1 aromatic carbocycles. The Labute approximate surface area is 124 Å². The molecule has 1 N–H and O–H groups in total. The van der Waals surface area contributed by atoms with Crippen molar-refractivity contribution in [2.75, 3.05) is 7.11 Å². The van der Waals surface area contributed by atoms with Gasteiger partial charge in [-0.25, -0.2) is 0 Å². The number of carbonyl (C=O) groups is 2. The average molecular weight is 393 g/mol. The van der Waals surface area contributed by atoms with Crippen LogP contribution >= 0.6 is 43.6 Å². The third-order valence-corrected chi connectivity index (χ3v) is 4.15. The number of methoxy groups -OCH3 is 1. The molecule has 7 heteroatoms. The average Bonchev–Trinajstić information content (AvgIpc) is 2.57. The predicted octanol–water partition coefficient (Wildman–Crippen LogP) is 3.54. The number of carbonyl (C=O) groups excluding carboxylic acids is 2. The summed E-state index contributed by atoms with van der Waals surface area (Å²) in [4.78, 5) is 22.8. The van der Waals surface area contributed by atoms with E-state index in [0.29, 0.717) is 10.7 Å². The van der Waals surface area contributed by atoms with E-state index >= 15 is 0 Å². The molecule has 0 aliphatic carbocycles. The number of amides is 2. The number of nitrogens with one attached hydrogen (secondary N) is 1. The number of halogens is 2. The molecule has 1 aromatic rings. The van der Waals surface area contributed by atoms with Crippen LogP contribution < -0.4 is 10.1 Å². The molecule has 4 nitrogen and oxygen atoms in total. The maximum atomic E-state index is 11.4. The molecule has 1 aliphatic rings. The quantitative estimate of drug-likeness (QED) is 0.782. The number of benzene rings is 1. The zero-order valence-corrected chi connectivity index (χ0v) is 13.1. The van der Waals surface area contributed by atoms with Gasteiger partial charge in [-0.1, -0.05) is 0 Å². The molecule has 0 saturated carbocycles. The van der Waals surface area contributed by atoms with Gasteiger partial charge in [-0.3, -0.25) is 14.9 Å². The second kappa shape index (κ2) is 5.46. The molecule has 0 radical (unpaired) electrons. The fourth-order valence-corrected chi connectivity index (χ4v) is 3.66. The first-order valence-corrected chi connectivity index (χ1v) is 7.19. The molecule has 2 amide bonds. The highest BCUT2D eigenvalue weighted by Gasteiger charge is 2.25. The van der Waals surface area contributed by atoms with Gasteiger partial charge in [0, 0.05) is 0 Å². The molecule has 1 saturated heterocycles. The maximum absolute atomic E-state index is 11.4. The number of hydrogen-bond donors (Lipinski definition) is 1. The van der Waals surface area contributed by atoms with E-state index in [0.717, 1.165) is 26.3 Å². The lowest BCUT2D eigenvalue weighted by molar-refractivity contribution is -0.115. The number of hydrogen-bond acceptors (Lipinski definition) is 4. The highest BCUT2D eigenvalue weighted by Crippen LogP contribution is 2.36. The van der Waals surface area contributed by atoms with Gasteiger partial charge in [0.2, 0.25) is 0 Å². The van der Waals surface area contributed by atoms with Crippen molar-refractivity contribution in [1.82, 2.24) is 5.32 Å². The van der Waals surface area contributed by atoms with Crippen LogP contribution in [0.2, 0.25) is 0 Å². The summed E-state index contributed by atoms with van der Waals surface area (Å²) in [6.45, 7) is 0. The summed E-state index contributed by atoms with van der Waals surface area (Å²) in [5, 5.41) is 1.86. The van der Waals surface area contributed by atoms with E-state index in [1.54, 1.807) is 13.2 Å². The lowest BCUT2D eigenvalue weighted by Gasteiger charge is -2.07. The molecule has 18 heavy (non-hydrogen) atoms. The van der Waals surface area contributed by atoms with Gasteiger partial charge in [0.1, 0.15) is 5.75 Å². The van der Waals surface area contributed by atoms with E-state index in [9.17, 15) is 9.59 Å². The summed E-state index contributed by atoms with van der Waals surface area (Å²) in [6, 6.07) is 3.63. The molecule has 1 fully saturated rings. The lowest BCUT2D eigenvalue weighted by Crippen LogP contribution is -2.17. The Balaban J connectivity index is 2.39. The number of rotatable bonds is 2. The van der Waals surface area contributed by atoms with E-state index < -0.39 is 0 Å². The highest BCUT2D eigenvalue weighted by atomic mass is 79.9. The van der Waals surface area contributed by atoms with E-state index in [1.165, 1.54) is 0 Å². The van der Waals surface area contributed by atoms with Crippen molar-refractivity contribution in [3.05, 3.63) is 31.5 Å². The number of thioether (sulfide) groups is 1. The Hall–Kier alpha value is -0.790. The van der Waals surface area contributed by atoms with Crippen LogP contribution in [-0.2, 0) is 4.79 Å². The van der Waals surface area contributed by atoms with E-state index in [1.807, 2.05) is 12.1 Å². The van der Waals surface area contributed by atoms with Crippen molar-refractivity contribution in [3.8, 4) is 5.75 Å². The van der Waals surface area contributed by atoms with Gasteiger partial charge in [-0.2, -0.15) is 0 Å². The summed E-state index contributed by atoms with van der Waals surface area (Å²) in [5.41, 5.74) is 0.793. The van der Waals surface area contributed by atoms with Gasteiger partial charge in [0.05, 0.1) is 21.0 Å². The van der Waals surface area contributed by atoms with Crippen LogP contribution in [0.1, 0.15) is 5.56 Å². The molecule has 0 atom stereocenters. The van der Waals surface area contributed by atoms with Crippen molar-refractivity contribution in [1.29, 1.82) is 0 Å². The van der Waals surface area contributed by atoms with Gasteiger partial charge in [0.25, 0.3) is 11.1 Å². The molecule has 1 aliphatic heterocycles. The fraction of sp³-hybridized carbons (Fsp3) is 0.0909. The Bertz CT molecular complexity index is 548. The zero-order valence-electron chi connectivity index (χ0n) is 9.12. The summed E-state index contributed by atoms with van der Waals surface area (Å²) in [5.74, 6) is 0.310. The first-order valence-electron chi connectivity index (χ1n) is 4.79. The van der Waals surface area contributed by atoms with Crippen LogP contribution in [0.25, 0.3) is 6.08 Å². The third-order valence-electron chi connectivity index (χ3n) is 2.16. The summed E-state index contributed by atoms with van der Waals surface area (Å²) in [6.07, 6.45) is 1.65. The van der Waals surface area contributed by atoms with Crippen LogP contribution in [0.4, 0.5) is 4.79 Å². The third kappa shape index (κ3) is 2.78. The molecular weight excluding hydrogens is 386 g/mol. The minimum Gasteiger partial charge on any atom is -0.494 e. The molecule has 0 bridgehead atoms. The molecule has 1 heterocycles. The van der Waals surface area contributed by atoms with Gasteiger partial charge in [-0.15, -0.1) is 0 Å². The number of imide groups is 1. The van der Waals surface area contributed by atoms with Gasteiger partial charge in [0.15, 0.2) is 0 Å². The largest absolute Gasteiger partial charge is 0.494 e. The number of ether oxygens (including phenoxy) is 1. The Morgan fingerprint density at radius 1 is 1.28 bits per heavy atom. The van der Waals surface area contributed by atoms with Crippen molar-refractivity contribution >= 4 is 60.8 Å². The minimum absolute atomic E-state index is 0.349. The molecule has 0 aromatic heterocycles. The molecule has 0 unspecified atom stereocenters. The van der Waals surface area contributed by atoms with Crippen molar-refractivity contribution < 1.29 is 14.3 Å². The van der Waals surface area contributed by atoms with Crippen LogP contribution in [0, 0.1) is 0 Å². The Morgan fingerprint density at radius 3 is 2.33 bits per heavy atom. The van der Waals surface area contributed by atoms with E-state index in [2.05, 4.69) is 37.2 Å². The lowest BCUT2D eigenvalue weighted by atomic mass is 10.2. The summed E-state index contributed by atoms with van der Waals surface area (Å²) < 4.78 is 6.72. The monoisotopic (exact) mass is 391 g/mol. The second-order valence-electron chi connectivity index (χ2n) is 3.37. The van der Waals surface area contributed by atoms with E-state index in [4.69, 9.17) is 4.74 Å². The molecule has 94 valence electrons. The minimum atomic E-state index is -0.368. The molecule has 2 rings (SSSR count). The van der Waals surface area contributed by atoms with E-state index in [-0.39, 0.29) is 11.1 Å². The normalized spacial score (nSPS) is 17.2. The fourth-order valence-electron chi connectivity index (χ4n) is 1.43. The van der Waals surface area contributed by atoms with Crippen LogP contribution in [0.3, 0.4) is 0 Å². The Kier molecular flexibility index (Phi) is 4.14. The summed E-state index contributed by atoms with van der Waals surface area (Å²) >= 11 is 7.64. The summed E-state index contributed by atoms with van der Waals surface area (Å²) in [7, 11) is 1.57. The standard InChI is InChI=1S/C11H7Br2NO3S/c1-17-9-6(12)2-5(3-7(9)13)4-8-10(15)14-11(16)18-8/h2-4H,1H3,(H,14,15,16)/b8-4+. The van der Waals surface area contributed by atoms with Crippen molar-refractivity contribution in [3.63, 3.8) is 0 Å². The van der Waals surface area contributed by atoms with Gasteiger partial charge in [-0.05, 0) is 67.4 Å². The first-order chi connectivity index (χ1) is 8.51. The van der Waals surface area contributed by atoms with Gasteiger partial charge < -0.3 is 4.74 Å². The molecule has 0 spiro atoms.